The van der Waals surface area contributed by atoms with Crippen molar-refractivity contribution in [3.05, 3.63) is 29.7 Å². The van der Waals surface area contributed by atoms with Gasteiger partial charge in [-0.25, -0.2) is 19.7 Å². The Labute approximate surface area is 112 Å². The highest BCUT2D eigenvalue weighted by molar-refractivity contribution is 6.04. The van der Waals surface area contributed by atoms with Gasteiger partial charge in [0.05, 0.1) is 0 Å². The van der Waals surface area contributed by atoms with Crippen LogP contribution in [0.2, 0.25) is 0 Å². The minimum atomic E-state index is -1.28. The molecule has 1 saturated carbocycles. The van der Waals surface area contributed by atoms with Crippen LogP contribution in [-0.2, 0) is 0 Å². The number of aromatic amines is 1. The van der Waals surface area contributed by atoms with Gasteiger partial charge >= 0.3 is 5.97 Å². The van der Waals surface area contributed by atoms with Crippen LogP contribution in [-0.4, -0.2) is 42.1 Å². The van der Waals surface area contributed by atoms with Crippen molar-refractivity contribution >= 4 is 17.7 Å². The fourth-order valence-corrected chi connectivity index (χ4v) is 1.66. The molecule has 9 heteroatoms. The van der Waals surface area contributed by atoms with Gasteiger partial charge in [0.2, 0.25) is 5.82 Å². The van der Waals surface area contributed by atoms with Gasteiger partial charge in [0, 0.05) is 18.3 Å². The number of aromatic carboxylic acids is 1. The fourth-order valence-electron chi connectivity index (χ4n) is 1.66. The maximum atomic E-state index is 11.9. The molecule has 1 fully saturated rings. The average Bonchev–Trinajstić information content (AvgIpc) is 3.16. The first kappa shape index (κ1) is 12.2. The van der Waals surface area contributed by atoms with E-state index in [0.717, 1.165) is 12.8 Å². The third-order valence-electron chi connectivity index (χ3n) is 2.80. The molecule has 0 unspecified atom stereocenters. The summed E-state index contributed by atoms with van der Waals surface area (Å²) < 4.78 is 0. The summed E-state index contributed by atoms with van der Waals surface area (Å²) in [6.45, 7) is 0. The molecule has 3 N–H and O–H groups in total. The van der Waals surface area contributed by atoms with E-state index in [1.165, 1.54) is 12.4 Å². The summed E-state index contributed by atoms with van der Waals surface area (Å²) >= 11 is 0. The third kappa shape index (κ3) is 2.32. The summed E-state index contributed by atoms with van der Waals surface area (Å²) in [6.07, 6.45) is 4.58. The highest BCUT2D eigenvalue weighted by atomic mass is 16.4. The Morgan fingerprint density at radius 2 is 2.05 bits per heavy atom. The predicted molar refractivity (Wildman–Crippen MR) is 65.3 cm³/mol. The van der Waals surface area contributed by atoms with Crippen LogP contribution in [0, 0.1) is 0 Å². The monoisotopic (exact) mass is 274 g/mol. The average molecular weight is 274 g/mol. The Kier molecular flexibility index (Phi) is 2.86. The van der Waals surface area contributed by atoms with Crippen LogP contribution >= 0.6 is 0 Å². The molecule has 0 atom stereocenters. The summed E-state index contributed by atoms with van der Waals surface area (Å²) in [5, 5.41) is 17.8. The number of nitrogens with one attached hydrogen (secondary N) is 2. The zero-order chi connectivity index (χ0) is 14.1. The van der Waals surface area contributed by atoms with Gasteiger partial charge in [-0.15, -0.1) is 5.10 Å². The number of hydrogen-bond acceptors (Lipinski definition) is 6. The van der Waals surface area contributed by atoms with Gasteiger partial charge in [0.25, 0.3) is 5.91 Å². The van der Waals surface area contributed by atoms with Crippen molar-refractivity contribution in [2.45, 2.75) is 18.8 Å². The molecule has 2 aromatic rings. The lowest BCUT2D eigenvalue weighted by molar-refractivity contribution is 0.0691. The van der Waals surface area contributed by atoms with Crippen molar-refractivity contribution in [2.24, 2.45) is 0 Å². The van der Waals surface area contributed by atoms with E-state index in [-0.39, 0.29) is 17.3 Å². The van der Waals surface area contributed by atoms with E-state index in [9.17, 15) is 9.59 Å². The number of amides is 1. The highest BCUT2D eigenvalue weighted by Gasteiger charge is 2.28. The Bertz CT molecular complexity index is 678. The van der Waals surface area contributed by atoms with Gasteiger partial charge in [-0.05, 0) is 12.8 Å². The molecule has 3 rings (SSSR count). The van der Waals surface area contributed by atoms with Gasteiger partial charge < -0.3 is 10.4 Å². The number of carbonyl (C=O) groups is 2. The number of H-pyrrole nitrogens is 1. The first-order valence-electron chi connectivity index (χ1n) is 5.93. The molecular weight excluding hydrogens is 264 g/mol. The van der Waals surface area contributed by atoms with E-state index < -0.39 is 11.9 Å². The van der Waals surface area contributed by atoms with Gasteiger partial charge in [-0.3, -0.25) is 9.89 Å². The minimum absolute atomic E-state index is 0.0473. The standard InChI is InChI=1S/C11H10N6O3/c18-10(9-14-7(16-17-9)5-1-2-5)15-8-6(11(19)20)12-3-4-13-8/h3-5H,1-2H2,(H,19,20)(H,13,15,18)(H,14,16,17). The number of carbonyl (C=O) groups excluding carboxylic acids is 1. The van der Waals surface area contributed by atoms with Gasteiger partial charge in [-0.2, -0.15) is 0 Å². The molecule has 102 valence electrons. The molecule has 0 spiro atoms. The molecule has 2 heterocycles. The van der Waals surface area contributed by atoms with Crippen LogP contribution in [0.4, 0.5) is 5.82 Å². The van der Waals surface area contributed by atoms with Crippen molar-refractivity contribution in [3.8, 4) is 0 Å². The molecule has 1 amide bonds. The lowest BCUT2D eigenvalue weighted by Gasteiger charge is -2.03. The lowest BCUT2D eigenvalue weighted by atomic mass is 10.4. The number of carboxylic acid groups (broad SMARTS) is 1. The number of hydrogen-bond donors (Lipinski definition) is 3. The smallest absolute Gasteiger partial charge is 0.358 e. The van der Waals surface area contributed by atoms with E-state index in [1.54, 1.807) is 0 Å². The first-order chi connectivity index (χ1) is 9.65. The highest BCUT2D eigenvalue weighted by Crippen LogP contribution is 2.37. The number of nitrogens with zero attached hydrogens (tertiary/aromatic N) is 4. The Morgan fingerprint density at radius 1 is 1.30 bits per heavy atom. The van der Waals surface area contributed by atoms with Crippen molar-refractivity contribution in [3.63, 3.8) is 0 Å². The summed E-state index contributed by atoms with van der Waals surface area (Å²) in [4.78, 5) is 34.4. The molecule has 1 aliphatic rings. The predicted octanol–water partition coefficient (Wildman–Crippen LogP) is 0.423. The zero-order valence-corrected chi connectivity index (χ0v) is 10.2. The minimum Gasteiger partial charge on any atom is -0.476 e. The Hall–Kier alpha value is -2.84. The second kappa shape index (κ2) is 4.68. The van der Waals surface area contributed by atoms with E-state index in [4.69, 9.17) is 5.11 Å². The van der Waals surface area contributed by atoms with Gasteiger partial charge in [-0.1, -0.05) is 0 Å². The molecule has 9 nitrogen and oxygen atoms in total. The van der Waals surface area contributed by atoms with E-state index in [0.29, 0.717) is 11.7 Å². The maximum absolute atomic E-state index is 11.9. The van der Waals surface area contributed by atoms with Gasteiger partial charge in [0.1, 0.15) is 5.82 Å². The van der Waals surface area contributed by atoms with Crippen LogP contribution in [0.3, 0.4) is 0 Å². The van der Waals surface area contributed by atoms with Crippen molar-refractivity contribution in [1.29, 1.82) is 0 Å². The second-order valence-corrected chi connectivity index (χ2v) is 4.33. The second-order valence-electron chi connectivity index (χ2n) is 4.33. The van der Waals surface area contributed by atoms with E-state index >= 15 is 0 Å². The molecule has 0 bridgehead atoms. The quantitative estimate of drug-likeness (QED) is 0.735. The maximum Gasteiger partial charge on any atom is 0.358 e. The summed E-state index contributed by atoms with van der Waals surface area (Å²) in [7, 11) is 0. The molecule has 0 radical (unpaired) electrons. The first-order valence-corrected chi connectivity index (χ1v) is 5.93. The summed E-state index contributed by atoms with van der Waals surface area (Å²) in [5.41, 5.74) is -0.334. The van der Waals surface area contributed by atoms with Crippen LogP contribution in [0.1, 0.15) is 45.7 Å². The molecule has 0 aliphatic heterocycles. The molecule has 0 saturated heterocycles. The van der Waals surface area contributed by atoms with Gasteiger partial charge in [0.15, 0.2) is 11.5 Å². The summed E-state index contributed by atoms with van der Waals surface area (Å²) in [6, 6.07) is 0. The summed E-state index contributed by atoms with van der Waals surface area (Å²) in [5.74, 6) is -1.07. The van der Waals surface area contributed by atoms with Crippen molar-refractivity contribution < 1.29 is 14.7 Å². The van der Waals surface area contributed by atoms with Crippen molar-refractivity contribution in [1.82, 2.24) is 25.1 Å². The molecule has 1 aliphatic carbocycles. The normalized spacial score (nSPS) is 14.0. The zero-order valence-electron chi connectivity index (χ0n) is 10.2. The Morgan fingerprint density at radius 3 is 2.75 bits per heavy atom. The number of rotatable bonds is 4. The number of anilines is 1. The number of aromatic nitrogens is 5. The van der Waals surface area contributed by atoms with E-state index in [1.807, 2.05) is 0 Å². The third-order valence-corrected chi connectivity index (χ3v) is 2.80. The molecule has 2 aromatic heterocycles. The van der Waals surface area contributed by atoms with Crippen LogP contribution in [0.25, 0.3) is 0 Å². The van der Waals surface area contributed by atoms with Crippen LogP contribution in [0.15, 0.2) is 12.4 Å². The Balaban J connectivity index is 1.79. The molecular formula is C11H10N6O3. The SMILES string of the molecule is O=C(Nc1nccnc1C(=O)O)c1n[nH]c(C2CC2)n1. The largest absolute Gasteiger partial charge is 0.476 e. The van der Waals surface area contributed by atoms with Crippen molar-refractivity contribution in [2.75, 3.05) is 5.32 Å². The molecule has 0 aromatic carbocycles. The molecule has 20 heavy (non-hydrogen) atoms. The van der Waals surface area contributed by atoms with Crippen LogP contribution in [0.5, 0.6) is 0 Å². The topological polar surface area (TPSA) is 134 Å². The number of carboxylic acids is 1. The van der Waals surface area contributed by atoms with Crippen LogP contribution < -0.4 is 5.32 Å². The fraction of sp³-hybridized carbons (Fsp3) is 0.273. The van der Waals surface area contributed by atoms with E-state index in [2.05, 4.69) is 30.5 Å². The lowest BCUT2D eigenvalue weighted by Crippen LogP contribution is -2.18.